The molecule has 3 aromatic rings. The van der Waals surface area contributed by atoms with Crippen LogP contribution in [-0.4, -0.2) is 80.1 Å². The normalized spacial score (nSPS) is 21.9. The van der Waals surface area contributed by atoms with E-state index < -0.39 is 15.8 Å². The van der Waals surface area contributed by atoms with Gasteiger partial charge >= 0.3 is 0 Å². The third-order valence-electron chi connectivity index (χ3n) is 7.62. The minimum atomic E-state index is -3.75. The summed E-state index contributed by atoms with van der Waals surface area (Å²) in [5, 5.41) is 1.15. The van der Waals surface area contributed by atoms with E-state index in [4.69, 9.17) is 14.7 Å². The molecule has 3 aliphatic rings. The average molecular weight is 546 g/mol. The quantitative estimate of drug-likeness (QED) is 0.487. The van der Waals surface area contributed by atoms with Crippen LogP contribution in [0.5, 0.6) is 0 Å². The van der Waals surface area contributed by atoms with Gasteiger partial charge in [0.05, 0.1) is 30.0 Å². The highest BCUT2D eigenvalue weighted by Gasteiger charge is 2.32. The van der Waals surface area contributed by atoms with Gasteiger partial charge in [0.2, 0.25) is 10.0 Å². The molecule has 37 heavy (non-hydrogen) atoms. The number of morpholine rings is 1. The molecule has 198 valence electrons. The lowest BCUT2D eigenvalue weighted by Gasteiger charge is -2.35. The Bertz CT molecular complexity index is 1400. The van der Waals surface area contributed by atoms with E-state index in [1.54, 1.807) is 11.3 Å². The summed E-state index contributed by atoms with van der Waals surface area (Å²) in [5.74, 6) is 1.86. The highest BCUT2D eigenvalue weighted by atomic mass is 32.2. The first kappa shape index (κ1) is 25.1. The summed E-state index contributed by atoms with van der Waals surface area (Å²) in [5.41, 5.74) is 1.38. The van der Waals surface area contributed by atoms with E-state index in [1.165, 1.54) is 32.9 Å². The SMILES string of the molecule is C[C@@H]1CCc2c(sc3nc(CN4CCOCC4)nc(N4CCN(S(=O)(=O)c5cccc(F)c5)CC4)c23)C1. The maximum atomic E-state index is 13.7. The fourth-order valence-electron chi connectivity index (χ4n) is 5.54. The average Bonchev–Trinajstić information content (AvgIpc) is 3.26. The fourth-order valence-corrected chi connectivity index (χ4v) is 8.39. The van der Waals surface area contributed by atoms with Crippen LogP contribution >= 0.6 is 11.3 Å². The van der Waals surface area contributed by atoms with E-state index >= 15 is 0 Å². The Morgan fingerprint density at radius 2 is 1.89 bits per heavy atom. The van der Waals surface area contributed by atoms with Crippen LogP contribution in [0.2, 0.25) is 0 Å². The fraction of sp³-hybridized carbons (Fsp3) is 0.538. The molecule has 2 saturated heterocycles. The largest absolute Gasteiger partial charge is 0.379 e. The Hall–Kier alpha value is -2.18. The van der Waals surface area contributed by atoms with E-state index in [-0.39, 0.29) is 4.90 Å². The van der Waals surface area contributed by atoms with E-state index in [9.17, 15) is 12.8 Å². The maximum absolute atomic E-state index is 13.7. The van der Waals surface area contributed by atoms with E-state index in [2.05, 4.69) is 16.7 Å². The number of sulfonamides is 1. The standard InChI is InChI=1S/C26H32FN5O3S2/c1-18-5-6-21-22(15-18)36-26-24(21)25(28-23(29-26)17-30-11-13-35-14-12-30)31-7-9-32(10-8-31)37(33,34)20-4-2-3-19(27)16-20/h2-4,16,18H,5-15,17H2,1H3/t18-/m1/s1. The van der Waals surface area contributed by atoms with Crippen molar-refractivity contribution in [1.29, 1.82) is 0 Å². The zero-order valence-electron chi connectivity index (χ0n) is 21.0. The van der Waals surface area contributed by atoms with Gasteiger partial charge in [0.15, 0.2) is 0 Å². The summed E-state index contributed by atoms with van der Waals surface area (Å²) in [7, 11) is -3.75. The van der Waals surface area contributed by atoms with Gasteiger partial charge in [-0.2, -0.15) is 4.31 Å². The first-order valence-electron chi connectivity index (χ1n) is 13.0. The molecule has 11 heteroatoms. The maximum Gasteiger partial charge on any atom is 0.243 e. The molecule has 1 aliphatic carbocycles. The van der Waals surface area contributed by atoms with Crippen LogP contribution in [-0.2, 0) is 34.1 Å². The topological polar surface area (TPSA) is 78.9 Å². The summed E-state index contributed by atoms with van der Waals surface area (Å²) >= 11 is 1.80. The zero-order valence-corrected chi connectivity index (χ0v) is 22.7. The number of hydrogen-bond donors (Lipinski definition) is 0. The van der Waals surface area contributed by atoms with Crippen LogP contribution in [0.15, 0.2) is 29.2 Å². The van der Waals surface area contributed by atoms with Crippen molar-refractivity contribution >= 4 is 37.4 Å². The molecular formula is C26H32FN5O3S2. The third-order valence-corrected chi connectivity index (χ3v) is 10.7. The van der Waals surface area contributed by atoms with Gasteiger partial charge < -0.3 is 9.64 Å². The molecule has 8 nitrogen and oxygen atoms in total. The lowest BCUT2D eigenvalue weighted by molar-refractivity contribution is 0.0331. The number of hydrogen-bond acceptors (Lipinski definition) is 8. The van der Waals surface area contributed by atoms with Gasteiger partial charge in [-0.3, -0.25) is 4.90 Å². The van der Waals surface area contributed by atoms with Gasteiger partial charge in [0.1, 0.15) is 22.3 Å². The number of aryl methyl sites for hydroxylation is 1. The van der Waals surface area contributed by atoms with Crippen LogP contribution in [0, 0.1) is 11.7 Å². The molecule has 0 spiro atoms. The molecule has 0 radical (unpaired) electrons. The summed E-state index contributed by atoms with van der Waals surface area (Å²) < 4.78 is 47.0. The number of anilines is 1. The zero-order chi connectivity index (χ0) is 25.6. The predicted octanol–water partition coefficient (Wildman–Crippen LogP) is 3.30. The van der Waals surface area contributed by atoms with Crippen molar-refractivity contribution in [3.05, 3.63) is 46.3 Å². The predicted molar refractivity (Wildman–Crippen MR) is 142 cm³/mol. The minimum absolute atomic E-state index is 0.000743. The molecular weight excluding hydrogens is 513 g/mol. The second-order valence-corrected chi connectivity index (χ2v) is 13.3. The highest BCUT2D eigenvalue weighted by molar-refractivity contribution is 7.89. The smallest absolute Gasteiger partial charge is 0.243 e. The van der Waals surface area contributed by atoms with Crippen molar-refractivity contribution in [3.63, 3.8) is 0 Å². The van der Waals surface area contributed by atoms with Crippen LogP contribution in [0.25, 0.3) is 10.2 Å². The number of halogens is 1. The van der Waals surface area contributed by atoms with Crippen molar-refractivity contribution in [1.82, 2.24) is 19.2 Å². The number of aromatic nitrogens is 2. The minimum Gasteiger partial charge on any atom is -0.379 e. The summed E-state index contributed by atoms with van der Waals surface area (Å²) in [6, 6.07) is 5.24. The molecule has 0 saturated carbocycles. The molecule has 0 amide bonds. The third kappa shape index (κ3) is 4.99. The Balaban J connectivity index is 1.30. The van der Waals surface area contributed by atoms with Crippen LogP contribution < -0.4 is 4.90 Å². The van der Waals surface area contributed by atoms with Crippen molar-refractivity contribution in [2.24, 2.45) is 5.92 Å². The van der Waals surface area contributed by atoms with Crippen molar-refractivity contribution in [2.75, 3.05) is 57.4 Å². The summed E-state index contributed by atoms with van der Waals surface area (Å²) in [4.78, 5) is 17.1. The lowest BCUT2D eigenvalue weighted by Crippen LogP contribution is -2.49. The number of thiophene rings is 1. The molecule has 4 heterocycles. The molecule has 0 N–H and O–H groups in total. The Kier molecular flexibility index (Phi) is 6.91. The van der Waals surface area contributed by atoms with Gasteiger partial charge in [0, 0.05) is 44.1 Å². The van der Waals surface area contributed by atoms with E-state index in [0.29, 0.717) is 38.6 Å². The molecule has 2 fully saturated rings. The Morgan fingerprint density at radius 3 is 2.65 bits per heavy atom. The second kappa shape index (κ2) is 10.2. The first-order chi connectivity index (χ1) is 17.9. The molecule has 0 bridgehead atoms. The molecule has 2 aromatic heterocycles. The van der Waals surface area contributed by atoms with Gasteiger partial charge in [-0.15, -0.1) is 11.3 Å². The monoisotopic (exact) mass is 545 g/mol. The van der Waals surface area contributed by atoms with Crippen LogP contribution in [0.4, 0.5) is 10.2 Å². The number of benzene rings is 1. The highest BCUT2D eigenvalue weighted by Crippen LogP contribution is 2.41. The molecule has 6 rings (SSSR count). The van der Waals surface area contributed by atoms with Gasteiger partial charge in [-0.1, -0.05) is 13.0 Å². The van der Waals surface area contributed by atoms with Crippen molar-refractivity contribution < 1.29 is 17.5 Å². The van der Waals surface area contributed by atoms with Gasteiger partial charge in [0.25, 0.3) is 0 Å². The molecule has 2 aliphatic heterocycles. The Morgan fingerprint density at radius 1 is 1.11 bits per heavy atom. The number of ether oxygens (including phenoxy) is 1. The van der Waals surface area contributed by atoms with Gasteiger partial charge in [-0.25, -0.2) is 22.8 Å². The second-order valence-electron chi connectivity index (χ2n) is 10.2. The van der Waals surface area contributed by atoms with E-state index in [1.807, 2.05) is 0 Å². The Labute approximate surface area is 221 Å². The summed E-state index contributed by atoms with van der Waals surface area (Å²) in [6.07, 6.45) is 3.27. The number of piperazine rings is 1. The number of fused-ring (bicyclic) bond motifs is 3. The number of nitrogens with zero attached hydrogens (tertiary/aromatic N) is 5. The molecule has 1 aromatic carbocycles. The van der Waals surface area contributed by atoms with Gasteiger partial charge in [-0.05, 0) is 48.9 Å². The lowest BCUT2D eigenvalue weighted by atomic mass is 9.89. The number of rotatable bonds is 5. The summed E-state index contributed by atoms with van der Waals surface area (Å²) in [6.45, 7) is 7.87. The van der Waals surface area contributed by atoms with Crippen LogP contribution in [0.1, 0.15) is 29.6 Å². The van der Waals surface area contributed by atoms with E-state index in [0.717, 1.165) is 73.5 Å². The first-order valence-corrected chi connectivity index (χ1v) is 15.3. The molecule has 0 unspecified atom stereocenters. The van der Waals surface area contributed by atoms with Crippen molar-refractivity contribution in [3.8, 4) is 0 Å². The van der Waals surface area contributed by atoms with Crippen LogP contribution in [0.3, 0.4) is 0 Å². The van der Waals surface area contributed by atoms with Crippen molar-refractivity contribution in [2.45, 2.75) is 37.6 Å². The molecule has 1 atom stereocenters.